The van der Waals surface area contributed by atoms with Crippen LogP contribution in [0.4, 0.5) is 0 Å². The van der Waals surface area contributed by atoms with Crippen molar-refractivity contribution in [1.82, 2.24) is 16.0 Å². The van der Waals surface area contributed by atoms with E-state index in [2.05, 4.69) is 16.0 Å². The average molecular weight is 601 g/mol. The third kappa shape index (κ3) is 11.9. The highest BCUT2D eigenvalue weighted by Crippen LogP contribution is 2.31. The van der Waals surface area contributed by atoms with Gasteiger partial charge in [-0.2, -0.15) is 0 Å². The van der Waals surface area contributed by atoms with Crippen LogP contribution in [0.2, 0.25) is 0 Å². The number of nitrogens with one attached hydrogen (secondary N) is 3. The molecule has 13 nitrogen and oxygen atoms in total. The molecule has 0 fully saturated rings. The molecule has 0 saturated carbocycles. The summed E-state index contributed by atoms with van der Waals surface area (Å²) in [5.74, 6) is -7.95. The van der Waals surface area contributed by atoms with Crippen molar-refractivity contribution in [3.8, 4) is 0 Å². The van der Waals surface area contributed by atoms with Crippen molar-refractivity contribution >= 4 is 35.6 Å². The second kappa shape index (κ2) is 15.9. The Kier molecular flexibility index (Phi) is 14.6. The van der Waals surface area contributed by atoms with E-state index in [9.17, 15) is 39.0 Å². The lowest BCUT2D eigenvalue weighted by Gasteiger charge is -2.32. The van der Waals surface area contributed by atoms with E-state index in [1.54, 1.807) is 69.2 Å². The molecule has 0 aromatic rings. The highest BCUT2D eigenvalue weighted by molar-refractivity contribution is 5.94. The number of rotatable bonds is 15. The minimum atomic E-state index is -1.29. The number of amides is 3. The first kappa shape index (κ1) is 38.8. The van der Waals surface area contributed by atoms with Gasteiger partial charge >= 0.3 is 17.9 Å². The van der Waals surface area contributed by atoms with Crippen molar-refractivity contribution in [2.24, 2.45) is 40.2 Å². The van der Waals surface area contributed by atoms with E-state index < -0.39 is 94.3 Å². The number of hydrogen-bond donors (Lipinski definition) is 6. The van der Waals surface area contributed by atoms with E-state index in [0.717, 1.165) is 7.11 Å². The van der Waals surface area contributed by atoms with Gasteiger partial charge in [0.1, 0.15) is 18.1 Å². The van der Waals surface area contributed by atoms with Crippen molar-refractivity contribution in [2.75, 3.05) is 7.11 Å². The van der Waals surface area contributed by atoms with Gasteiger partial charge in [0.15, 0.2) is 0 Å². The van der Waals surface area contributed by atoms with Crippen LogP contribution in [0, 0.1) is 34.5 Å². The second-order valence-corrected chi connectivity index (χ2v) is 13.6. The Morgan fingerprint density at radius 1 is 0.667 bits per heavy atom. The van der Waals surface area contributed by atoms with Crippen LogP contribution in [0.5, 0.6) is 0 Å². The van der Waals surface area contributed by atoms with Crippen molar-refractivity contribution in [3.63, 3.8) is 0 Å². The first-order chi connectivity index (χ1) is 18.9. The molecule has 0 spiro atoms. The number of carboxylic acids is 2. The van der Waals surface area contributed by atoms with Crippen molar-refractivity contribution in [3.05, 3.63) is 0 Å². The fourth-order valence-corrected chi connectivity index (χ4v) is 4.44. The lowest BCUT2D eigenvalue weighted by Crippen LogP contribution is -2.60. The number of nitrogens with two attached hydrogens (primary N) is 1. The molecule has 0 aliphatic rings. The number of hydrogen-bond acceptors (Lipinski definition) is 8. The number of carbonyl (C=O) groups is 6. The van der Waals surface area contributed by atoms with Crippen LogP contribution < -0.4 is 21.7 Å². The Balaban J connectivity index is 5.85. The van der Waals surface area contributed by atoms with E-state index >= 15 is 0 Å². The van der Waals surface area contributed by atoms with Gasteiger partial charge in [-0.15, -0.1) is 0 Å². The topological polar surface area (TPSA) is 214 Å². The van der Waals surface area contributed by atoms with Crippen LogP contribution in [0.3, 0.4) is 0 Å². The van der Waals surface area contributed by atoms with Gasteiger partial charge in [-0.05, 0) is 35.5 Å². The number of aliphatic carboxylic acids is 2. The van der Waals surface area contributed by atoms with E-state index in [0.29, 0.717) is 0 Å². The molecule has 2 unspecified atom stereocenters. The Morgan fingerprint density at radius 2 is 1.02 bits per heavy atom. The van der Waals surface area contributed by atoms with Gasteiger partial charge in [-0.25, -0.2) is 4.79 Å². The smallest absolute Gasteiger partial charge is 0.328 e. The molecular weight excluding hydrogens is 548 g/mol. The van der Waals surface area contributed by atoms with Gasteiger partial charge in [0.25, 0.3) is 0 Å². The Morgan fingerprint density at radius 3 is 1.36 bits per heavy atom. The molecule has 42 heavy (non-hydrogen) atoms. The van der Waals surface area contributed by atoms with Crippen LogP contribution in [0.1, 0.15) is 82.1 Å². The summed E-state index contributed by atoms with van der Waals surface area (Å²) < 4.78 is 4.80. The zero-order valence-electron chi connectivity index (χ0n) is 26.9. The predicted molar refractivity (Wildman–Crippen MR) is 156 cm³/mol. The molecule has 0 aromatic heterocycles. The van der Waals surface area contributed by atoms with Gasteiger partial charge < -0.3 is 36.6 Å². The van der Waals surface area contributed by atoms with Crippen LogP contribution in [0.15, 0.2) is 0 Å². The quantitative estimate of drug-likeness (QED) is 0.149. The van der Waals surface area contributed by atoms with E-state index in [1.165, 1.54) is 0 Å². The van der Waals surface area contributed by atoms with E-state index in [-0.39, 0.29) is 12.8 Å². The molecule has 6 atom stereocenters. The Bertz CT molecular complexity index is 983. The van der Waals surface area contributed by atoms with Gasteiger partial charge in [-0.3, -0.25) is 24.0 Å². The molecule has 7 N–H and O–H groups in total. The highest BCUT2D eigenvalue weighted by Gasteiger charge is 2.39. The fourth-order valence-electron chi connectivity index (χ4n) is 4.44. The molecule has 242 valence electrons. The monoisotopic (exact) mass is 600 g/mol. The predicted octanol–water partition coefficient (Wildman–Crippen LogP) is 1.53. The van der Waals surface area contributed by atoms with E-state index in [4.69, 9.17) is 10.5 Å². The highest BCUT2D eigenvalue weighted by atomic mass is 16.5. The third-order valence-electron chi connectivity index (χ3n) is 7.28. The summed E-state index contributed by atoms with van der Waals surface area (Å²) in [5, 5.41) is 27.0. The number of carboxylic acid groups (broad SMARTS) is 2. The van der Waals surface area contributed by atoms with E-state index in [1.807, 2.05) is 0 Å². The minimum Gasteiger partial charge on any atom is -0.481 e. The first-order valence-corrected chi connectivity index (χ1v) is 14.2. The Labute approximate surface area is 249 Å². The average Bonchev–Trinajstić information content (AvgIpc) is 2.82. The number of ether oxygens (including phenoxy) is 1. The summed E-state index contributed by atoms with van der Waals surface area (Å²) in [4.78, 5) is 75.6. The fraction of sp³-hybridized carbons (Fsp3) is 0.793. The largest absolute Gasteiger partial charge is 0.481 e. The molecular formula is C29H52N4O9. The third-order valence-corrected chi connectivity index (χ3v) is 7.28. The first-order valence-electron chi connectivity index (χ1n) is 14.2. The molecule has 3 amide bonds. The van der Waals surface area contributed by atoms with Gasteiger partial charge in [0.05, 0.1) is 25.0 Å². The summed E-state index contributed by atoms with van der Waals surface area (Å²) in [6.45, 7) is 17.0. The van der Waals surface area contributed by atoms with Gasteiger partial charge in [-0.1, -0.05) is 69.2 Å². The molecule has 13 heteroatoms. The van der Waals surface area contributed by atoms with Crippen LogP contribution >= 0.6 is 0 Å². The lowest BCUT2D eigenvalue weighted by molar-refractivity contribution is -0.151. The molecule has 0 bridgehead atoms. The van der Waals surface area contributed by atoms with Gasteiger partial charge in [0.2, 0.25) is 17.7 Å². The maximum Gasteiger partial charge on any atom is 0.328 e. The van der Waals surface area contributed by atoms with Crippen molar-refractivity contribution in [1.29, 1.82) is 0 Å². The maximum atomic E-state index is 13.3. The molecule has 0 heterocycles. The lowest BCUT2D eigenvalue weighted by atomic mass is 9.77. The van der Waals surface area contributed by atoms with Crippen molar-refractivity contribution < 1.29 is 43.7 Å². The summed E-state index contributed by atoms with van der Waals surface area (Å²) >= 11 is 0. The molecule has 0 saturated heterocycles. The standard InChI is InChI=1S/C29H52N4O9/c1-14(2)20(23(35)31-19(27(41)42-11)13-17(26(39)40)29(8,9)10)33-24(36)21(15(3)4)32-22(34)18(30)12-16(25(37)38)28(5,6)7/h14-21H,12-13,30H2,1-11H3,(H,31,35)(H,32,34)(H,33,36)(H,37,38)(H,39,40)/t16?,17?,18-,19-,20-,21-/m0/s1. The normalized spacial score (nSPS) is 16.4. The van der Waals surface area contributed by atoms with Crippen molar-refractivity contribution in [2.45, 2.75) is 106 Å². The SMILES string of the molecule is COC(=O)[C@H](CC(C(=O)O)C(C)(C)C)NC(=O)[C@@H](NC(=O)[C@@H](NC(=O)[C@@H](N)CC(C(=O)O)C(C)(C)C)C(C)C)C(C)C. The number of carbonyl (C=O) groups excluding carboxylic acids is 4. The number of methoxy groups -OCH3 is 1. The molecule has 0 radical (unpaired) electrons. The summed E-state index contributed by atoms with van der Waals surface area (Å²) in [7, 11) is 1.12. The van der Waals surface area contributed by atoms with Gasteiger partial charge in [0, 0.05) is 0 Å². The molecule has 0 aromatic carbocycles. The van der Waals surface area contributed by atoms with Crippen LogP contribution in [0.25, 0.3) is 0 Å². The van der Waals surface area contributed by atoms with Crippen LogP contribution in [-0.4, -0.2) is 77.1 Å². The van der Waals surface area contributed by atoms with Crippen LogP contribution in [-0.2, 0) is 33.5 Å². The zero-order valence-corrected chi connectivity index (χ0v) is 26.9. The minimum absolute atomic E-state index is 0.144. The zero-order chi connectivity index (χ0) is 33.3. The number of esters is 1. The molecule has 0 rings (SSSR count). The summed E-state index contributed by atoms with van der Waals surface area (Å²) in [6, 6.07) is -4.74. The second-order valence-electron chi connectivity index (χ2n) is 13.6. The summed E-state index contributed by atoms with van der Waals surface area (Å²) in [5.41, 5.74) is 4.65. The Hall–Kier alpha value is -3.22. The molecule has 0 aliphatic carbocycles. The summed E-state index contributed by atoms with van der Waals surface area (Å²) in [6.07, 6.45) is -0.376. The molecule has 0 aliphatic heterocycles. The maximum absolute atomic E-state index is 13.3.